The Morgan fingerprint density at radius 2 is 2.29 bits per heavy atom. The van der Waals surface area contributed by atoms with Crippen LogP contribution in [0.4, 0.5) is 0 Å². The fourth-order valence-corrected chi connectivity index (χ4v) is 2.52. The minimum atomic E-state index is -1.05. The van der Waals surface area contributed by atoms with Crippen molar-refractivity contribution < 1.29 is 14.7 Å². The quantitative estimate of drug-likeness (QED) is 0.635. The number of nitriles is 1. The lowest BCUT2D eigenvalue weighted by molar-refractivity contribution is -0.138. The fourth-order valence-electron chi connectivity index (χ4n) is 1.60. The molecule has 1 atom stereocenters. The van der Waals surface area contributed by atoms with Crippen LogP contribution in [0.2, 0.25) is 0 Å². The van der Waals surface area contributed by atoms with Crippen LogP contribution in [0.15, 0.2) is 34.5 Å². The molecule has 1 aliphatic rings. The lowest BCUT2D eigenvalue weighted by Crippen LogP contribution is -2.26. The Labute approximate surface area is 124 Å². The van der Waals surface area contributed by atoms with E-state index in [0.717, 1.165) is 11.8 Å². The fraction of sp³-hybridized carbons (Fsp3) is 0.154. The SMILES string of the molecule is N#Cc1ccccc1C=NN=C1NC(=O)C(CC(=O)O)S1. The monoisotopic (exact) mass is 302 g/mol. The lowest BCUT2D eigenvalue weighted by Gasteiger charge is -1.97. The van der Waals surface area contributed by atoms with Crippen LogP contribution in [-0.4, -0.2) is 33.6 Å². The van der Waals surface area contributed by atoms with Gasteiger partial charge in [0.2, 0.25) is 5.91 Å². The normalized spacial score (nSPS) is 19.7. The molecule has 1 aromatic rings. The van der Waals surface area contributed by atoms with Gasteiger partial charge in [0.25, 0.3) is 0 Å². The zero-order chi connectivity index (χ0) is 15.2. The second-order valence-corrected chi connectivity index (χ2v) is 5.23. The van der Waals surface area contributed by atoms with Gasteiger partial charge in [-0.2, -0.15) is 10.4 Å². The summed E-state index contributed by atoms with van der Waals surface area (Å²) in [6, 6.07) is 8.91. The summed E-state index contributed by atoms with van der Waals surface area (Å²) in [6.07, 6.45) is 1.14. The first-order valence-electron chi connectivity index (χ1n) is 5.89. The van der Waals surface area contributed by atoms with E-state index in [0.29, 0.717) is 11.1 Å². The van der Waals surface area contributed by atoms with E-state index in [4.69, 9.17) is 10.4 Å². The largest absolute Gasteiger partial charge is 0.481 e. The summed E-state index contributed by atoms with van der Waals surface area (Å²) in [5.41, 5.74) is 1.08. The molecule has 21 heavy (non-hydrogen) atoms. The first-order valence-corrected chi connectivity index (χ1v) is 6.77. The molecule has 1 amide bonds. The second-order valence-electron chi connectivity index (χ2n) is 4.04. The van der Waals surface area contributed by atoms with Crippen molar-refractivity contribution in [2.45, 2.75) is 11.7 Å². The van der Waals surface area contributed by atoms with Crippen LogP contribution in [0.1, 0.15) is 17.5 Å². The molecule has 2 N–H and O–H groups in total. The summed E-state index contributed by atoms with van der Waals surface area (Å²) in [7, 11) is 0. The lowest BCUT2D eigenvalue weighted by atomic mass is 10.1. The molecule has 0 saturated carbocycles. The molecule has 1 saturated heterocycles. The maximum absolute atomic E-state index is 11.5. The number of nitrogens with one attached hydrogen (secondary N) is 1. The number of nitrogens with zero attached hydrogens (tertiary/aromatic N) is 3. The third kappa shape index (κ3) is 3.90. The summed E-state index contributed by atoms with van der Waals surface area (Å²) in [4.78, 5) is 22.1. The number of aliphatic carboxylic acids is 1. The molecule has 0 bridgehead atoms. The Kier molecular flexibility index (Phi) is 4.68. The molecule has 1 heterocycles. The van der Waals surface area contributed by atoms with Crippen molar-refractivity contribution in [3.63, 3.8) is 0 Å². The zero-order valence-electron chi connectivity index (χ0n) is 10.7. The molecule has 7 nitrogen and oxygen atoms in total. The van der Waals surface area contributed by atoms with Gasteiger partial charge in [-0.15, -0.1) is 5.10 Å². The van der Waals surface area contributed by atoms with Gasteiger partial charge < -0.3 is 10.4 Å². The van der Waals surface area contributed by atoms with Crippen LogP contribution in [0.5, 0.6) is 0 Å². The number of amidine groups is 1. The molecule has 1 aliphatic heterocycles. The van der Waals surface area contributed by atoms with E-state index in [2.05, 4.69) is 15.5 Å². The van der Waals surface area contributed by atoms with Gasteiger partial charge in [0, 0.05) is 5.56 Å². The number of carbonyl (C=O) groups excluding carboxylic acids is 1. The highest BCUT2D eigenvalue weighted by Gasteiger charge is 2.32. The van der Waals surface area contributed by atoms with E-state index < -0.39 is 17.1 Å². The molecule has 0 radical (unpaired) electrons. The summed E-state index contributed by atoms with van der Waals surface area (Å²) >= 11 is 1.02. The van der Waals surface area contributed by atoms with Gasteiger partial charge >= 0.3 is 5.97 Å². The number of thioether (sulfide) groups is 1. The maximum atomic E-state index is 11.5. The molecular formula is C13H10N4O3S. The Morgan fingerprint density at radius 1 is 1.52 bits per heavy atom. The van der Waals surface area contributed by atoms with Crippen molar-refractivity contribution in [2.24, 2.45) is 10.2 Å². The van der Waals surface area contributed by atoms with Crippen LogP contribution in [0.25, 0.3) is 0 Å². The highest BCUT2D eigenvalue weighted by molar-refractivity contribution is 8.15. The predicted molar refractivity (Wildman–Crippen MR) is 78.0 cm³/mol. The molecule has 106 valence electrons. The number of carbonyl (C=O) groups is 2. The molecule has 0 spiro atoms. The molecule has 8 heteroatoms. The van der Waals surface area contributed by atoms with Crippen molar-refractivity contribution in [3.05, 3.63) is 35.4 Å². The van der Waals surface area contributed by atoms with Crippen LogP contribution in [-0.2, 0) is 9.59 Å². The minimum absolute atomic E-state index is 0.247. The summed E-state index contributed by atoms with van der Waals surface area (Å²) in [5, 5.41) is 27.2. The number of hydrogen-bond acceptors (Lipinski definition) is 6. The van der Waals surface area contributed by atoms with Gasteiger partial charge in [-0.05, 0) is 6.07 Å². The number of benzene rings is 1. The number of carboxylic acid groups (broad SMARTS) is 1. The Bertz CT molecular complexity index is 678. The molecular weight excluding hydrogens is 292 g/mol. The van der Waals surface area contributed by atoms with Crippen LogP contribution in [0, 0.1) is 11.3 Å². The summed E-state index contributed by atoms with van der Waals surface area (Å²) < 4.78 is 0. The Balaban J connectivity index is 2.05. The molecule has 1 unspecified atom stereocenters. The molecule has 2 rings (SSSR count). The van der Waals surface area contributed by atoms with Gasteiger partial charge in [-0.3, -0.25) is 9.59 Å². The highest BCUT2D eigenvalue weighted by atomic mass is 32.2. The minimum Gasteiger partial charge on any atom is -0.481 e. The predicted octanol–water partition coefficient (Wildman–Crippen LogP) is 0.954. The van der Waals surface area contributed by atoms with Crippen LogP contribution in [0.3, 0.4) is 0 Å². The average molecular weight is 302 g/mol. The van der Waals surface area contributed by atoms with Crippen molar-refractivity contribution in [2.75, 3.05) is 0 Å². The zero-order valence-corrected chi connectivity index (χ0v) is 11.5. The Hall–Kier alpha value is -2.66. The number of amides is 1. The first-order chi connectivity index (χ1) is 10.1. The van der Waals surface area contributed by atoms with E-state index in [1.807, 2.05) is 6.07 Å². The number of hydrogen-bond donors (Lipinski definition) is 2. The third-order valence-corrected chi connectivity index (χ3v) is 3.64. The van der Waals surface area contributed by atoms with Gasteiger partial charge in [0.05, 0.1) is 24.3 Å². The van der Waals surface area contributed by atoms with Crippen LogP contribution >= 0.6 is 11.8 Å². The molecule has 0 aliphatic carbocycles. The third-order valence-electron chi connectivity index (χ3n) is 2.56. The van der Waals surface area contributed by atoms with E-state index in [1.165, 1.54) is 6.21 Å². The first kappa shape index (κ1) is 14.7. The van der Waals surface area contributed by atoms with Crippen molar-refractivity contribution in [1.29, 1.82) is 5.26 Å². The van der Waals surface area contributed by atoms with Crippen LogP contribution < -0.4 is 5.32 Å². The average Bonchev–Trinajstić information content (AvgIpc) is 2.79. The van der Waals surface area contributed by atoms with Gasteiger partial charge in [0.15, 0.2) is 5.17 Å². The number of rotatable bonds is 4. The highest BCUT2D eigenvalue weighted by Crippen LogP contribution is 2.22. The smallest absolute Gasteiger partial charge is 0.305 e. The van der Waals surface area contributed by atoms with Crippen molar-refractivity contribution in [3.8, 4) is 6.07 Å². The van der Waals surface area contributed by atoms with Gasteiger partial charge in [-0.25, -0.2) is 0 Å². The number of carboxylic acids is 1. The van der Waals surface area contributed by atoms with E-state index in [1.54, 1.807) is 24.3 Å². The van der Waals surface area contributed by atoms with E-state index >= 15 is 0 Å². The molecule has 1 fully saturated rings. The Morgan fingerprint density at radius 3 is 3.00 bits per heavy atom. The standard InChI is InChI=1S/C13H10N4O3S/c14-6-8-3-1-2-4-9(8)7-15-17-13-16-12(20)10(21-13)5-11(18)19/h1-4,7,10H,5H2,(H,18,19)(H,16,17,20). The molecule has 0 aromatic heterocycles. The topological polar surface area (TPSA) is 115 Å². The van der Waals surface area contributed by atoms with Gasteiger partial charge in [0.1, 0.15) is 5.25 Å². The van der Waals surface area contributed by atoms with Crippen molar-refractivity contribution in [1.82, 2.24) is 5.32 Å². The van der Waals surface area contributed by atoms with Crippen molar-refractivity contribution >= 4 is 35.0 Å². The second kappa shape index (κ2) is 6.67. The molecule has 1 aromatic carbocycles. The summed E-state index contributed by atoms with van der Waals surface area (Å²) in [5.74, 6) is -1.44. The summed E-state index contributed by atoms with van der Waals surface area (Å²) in [6.45, 7) is 0. The van der Waals surface area contributed by atoms with E-state index in [-0.39, 0.29) is 11.6 Å². The van der Waals surface area contributed by atoms with Gasteiger partial charge in [-0.1, -0.05) is 30.0 Å². The maximum Gasteiger partial charge on any atom is 0.305 e. The van der Waals surface area contributed by atoms with E-state index in [9.17, 15) is 9.59 Å².